The number of piperidine rings is 1. The van der Waals surface area contributed by atoms with Gasteiger partial charge in [0.15, 0.2) is 5.60 Å². The zero-order valence-electron chi connectivity index (χ0n) is 18.0. The summed E-state index contributed by atoms with van der Waals surface area (Å²) >= 11 is 0. The molecule has 1 amide bonds. The second kappa shape index (κ2) is 9.32. The van der Waals surface area contributed by atoms with E-state index < -0.39 is 5.60 Å². The Balaban J connectivity index is 0.00000231. The number of nitrogens with zero attached hydrogens (tertiary/aromatic N) is 1. The fourth-order valence-corrected chi connectivity index (χ4v) is 5.94. The highest BCUT2D eigenvalue weighted by Gasteiger charge is 2.55. The molecular weight excluding hydrogens is 408 g/mol. The first-order valence-corrected chi connectivity index (χ1v) is 11.5. The average molecular weight is 441 g/mol. The molecule has 2 aromatic carbocycles. The quantitative estimate of drug-likeness (QED) is 0.684. The van der Waals surface area contributed by atoms with E-state index in [-0.39, 0.29) is 24.2 Å². The first-order chi connectivity index (χ1) is 14.7. The highest BCUT2D eigenvalue weighted by atomic mass is 35.5. The molecule has 1 aliphatic heterocycles. The van der Waals surface area contributed by atoms with Crippen LogP contribution in [0.4, 0.5) is 0 Å². The van der Waals surface area contributed by atoms with Crippen LogP contribution >= 0.6 is 12.4 Å². The largest absolute Gasteiger partial charge is 0.375 e. The van der Waals surface area contributed by atoms with Crippen molar-refractivity contribution in [2.45, 2.75) is 37.8 Å². The van der Waals surface area contributed by atoms with Crippen LogP contribution in [0.3, 0.4) is 0 Å². The number of fused-ring (bicyclic) bond motifs is 1. The minimum absolute atomic E-state index is 0. The van der Waals surface area contributed by atoms with Crippen molar-refractivity contribution in [3.8, 4) is 0 Å². The van der Waals surface area contributed by atoms with Gasteiger partial charge in [-0.1, -0.05) is 73.5 Å². The molecular formula is C26H33ClN2O2. The van der Waals surface area contributed by atoms with Gasteiger partial charge in [0.2, 0.25) is 0 Å². The van der Waals surface area contributed by atoms with Crippen molar-refractivity contribution in [2.24, 2.45) is 23.7 Å². The third-order valence-electron chi connectivity index (χ3n) is 7.70. The van der Waals surface area contributed by atoms with Crippen molar-refractivity contribution in [1.82, 2.24) is 10.2 Å². The van der Waals surface area contributed by atoms with Crippen molar-refractivity contribution in [3.63, 3.8) is 0 Å². The molecule has 0 bridgehead atoms. The first-order valence-electron chi connectivity index (χ1n) is 11.5. The lowest BCUT2D eigenvalue weighted by Crippen LogP contribution is -2.49. The maximum absolute atomic E-state index is 13.2. The Morgan fingerprint density at radius 3 is 2.16 bits per heavy atom. The smallest absolute Gasteiger partial charge is 0.256 e. The van der Waals surface area contributed by atoms with Crippen molar-refractivity contribution in [2.75, 3.05) is 19.6 Å². The summed E-state index contributed by atoms with van der Waals surface area (Å²) in [4.78, 5) is 15.8. The number of nitrogens with one attached hydrogen (secondary N) is 1. The van der Waals surface area contributed by atoms with Crippen molar-refractivity contribution in [3.05, 3.63) is 71.8 Å². The second-order valence-electron chi connectivity index (χ2n) is 9.50. The van der Waals surface area contributed by atoms with Gasteiger partial charge in [-0.15, -0.1) is 12.4 Å². The average Bonchev–Trinajstić information content (AvgIpc) is 3.17. The highest BCUT2D eigenvalue weighted by molar-refractivity contribution is 5.86. The molecule has 5 heteroatoms. The van der Waals surface area contributed by atoms with Crippen LogP contribution in [-0.2, 0) is 16.9 Å². The molecule has 3 aliphatic rings. The van der Waals surface area contributed by atoms with Crippen LogP contribution in [-0.4, -0.2) is 35.5 Å². The van der Waals surface area contributed by atoms with Gasteiger partial charge < -0.3 is 10.4 Å². The van der Waals surface area contributed by atoms with Gasteiger partial charge in [0.25, 0.3) is 5.91 Å². The first kappa shape index (κ1) is 22.3. The molecule has 3 unspecified atom stereocenters. The summed E-state index contributed by atoms with van der Waals surface area (Å²) in [5.41, 5.74) is 0.703. The van der Waals surface area contributed by atoms with E-state index in [9.17, 15) is 9.90 Å². The summed E-state index contributed by atoms with van der Waals surface area (Å²) in [6.45, 7) is 3.94. The predicted octanol–water partition coefficient (Wildman–Crippen LogP) is 3.98. The number of likely N-dealkylation sites (tertiary alicyclic amines) is 1. The normalized spacial score (nSPS) is 27.2. The Labute approximate surface area is 191 Å². The van der Waals surface area contributed by atoms with Crippen molar-refractivity contribution < 1.29 is 9.90 Å². The lowest BCUT2D eigenvalue weighted by Gasteiger charge is -2.33. The van der Waals surface area contributed by atoms with Crippen LogP contribution in [0, 0.1) is 23.7 Å². The number of rotatable bonds is 7. The van der Waals surface area contributed by atoms with Crippen molar-refractivity contribution in [1.29, 1.82) is 0 Å². The molecule has 1 heterocycles. The molecule has 5 rings (SSSR count). The monoisotopic (exact) mass is 440 g/mol. The van der Waals surface area contributed by atoms with E-state index in [0.29, 0.717) is 24.3 Å². The van der Waals surface area contributed by atoms with Gasteiger partial charge in [-0.2, -0.15) is 0 Å². The number of amides is 1. The SMILES string of the molecule is Cl.O=C(NCC1C2CN(Cc3ccccc3)CC12)C(O)(c1ccccc1)C1CCCC1. The van der Waals surface area contributed by atoms with Crippen LogP contribution in [0.1, 0.15) is 36.8 Å². The van der Waals surface area contributed by atoms with E-state index in [0.717, 1.165) is 50.9 Å². The fraction of sp³-hybridized carbons (Fsp3) is 0.500. The Bertz CT molecular complexity index is 859. The number of hydrogen-bond acceptors (Lipinski definition) is 3. The van der Waals surface area contributed by atoms with E-state index in [1.807, 2.05) is 30.3 Å². The van der Waals surface area contributed by atoms with Gasteiger partial charge in [-0.05, 0) is 41.7 Å². The minimum atomic E-state index is -1.40. The van der Waals surface area contributed by atoms with Gasteiger partial charge >= 0.3 is 0 Å². The Morgan fingerprint density at radius 1 is 0.968 bits per heavy atom. The highest BCUT2D eigenvalue weighted by Crippen LogP contribution is 2.51. The number of carbonyl (C=O) groups is 1. The van der Waals surface area contributed by atoms with E-state index in [1.165, 1.54) is 5.56 Å². The number of halogens is 1. The molecule has 0 radical (unpaired) electrons. The third-order valence-corrected chi connectivity index (χ3v) is 7.70. The maximum Gasteiger partial charge on any atom is 0.256 e. The molecule has 3 fully saturated rings. The number of benzene rings is 2. The van der Waals surface area contributed by atoms with E-state index in [1.54, 1.807) is 0 Å². The molecule has 0 spiro atoms. The summed E-state index contributed by atoms with van der Waals surface area (Å²) in [6.07, 6.45) is 4.03. The molecule has 2 aliphatic carbocycles. The molecule has 166 valence electrons. The number of aliphatic hydroxyl groups is 1. The Kier molecular flexibility index (Phi) is 6.71. The van der Waals surface area contributed by atoms with Crippen molar-refractivity contribution >= 4 is 18.3 Å². The summed E-state index contributed by atoms with van der Waals surface area (Å²) in [5, 5.41) is 14.7. The van der Waals surface area contributed by atoms with Crippen LogP contribution in [0.25, 0.3) is 0 Å². The minimum Gasteiger partial charge on any atom is -0.375 e. The van der Waals surface area contributed by atoms with E-state index in [2.05, 4.69) is 40.5 Å². The van der Waals surface area contributed by atoms with E-state index >= 15 is 0 Å². The Morgan fingerprint density at radius 2 is 1.55 bits per heavy atom. The Hall–Kier alpha value is -1.88. The van der Waals surface area contributed by atoms with Crippen LogP contribution in [0.2, 0.25) is 0 Å². The molecule has 2 N–H and O–H groups in total. The zero-order chi connectivity index (χ0) is 20.6. The molecule has 1 saturated heterocycles. The number of carbonyl (C=O) groups excluding carboxylic acids is 1. The van der Waals surface area contributed by atoms with Gasteiger partial charge in [-0.25, -0.2) is 0 Å². The standard InChI is InChI=1S/C26H32N2O2.ClH/c29-25(26(30,21-13-7-8-14-21)20-11-5-2-6-12-20)27-15-22-23-17-28(18-24(22)23)16-19-9-3-1-4-10-19;/h1-6,9-12,21-24,30H,7-8,13-18H2,(H,27,29);1H. The topological polar surface area (TPSA) is 52.6 Å². The summed E-state index contributed by atoms with van der Waals surface area (Å²) in [7, 11) is 0. The van der Waals surface area contributed by atoms with Crippen LogP contribution in [0.15, 0.2) is 60.7 Å². The lowest BCUT2D eigenvalue weighted by atomic mass is 9.79. The molecule has 4 nitrogen and oxygen atoms in total. The summed E-state index contributed by atoms with van der Waals surface area (Å²) in [5.74, 6) is 1.74. The van der Waals surface area contributed by atoms with Gasteiger partial charge in [0, 0.05) is 32.1 Å². The zero-order valence-corrected chi connectivity index (χ0v) is 18.8. The maximum atomic E-state index is 13.2. The molecule has 3 atom stereocenters. The van der Waals surface area contributed by atoms with Crippen LogP contribution in [0.5, 0.6) is 0 Å². The predicted molar refractivity (Wildman–Crippen MR) is 125 cm³/mol. The number of hydrogen-bond donors (Lipinski definition) is 2. The lowest BCUT2D eigenvalue weighted by molar-refractivity contribution is -0.147. The van der Waals surface area contributed by atoms with E-state index in [4.69, 9.17) is 0 Å². The van der Waals surface area contributed by atoms with Gasteiger partial charge in [-0.3, -0.25) is 9.69 Å². The summed E-state index contributed by atoms with van der Waals surface area (Å²) < 4.78 is 0. The fourth-order valence-electron chi connectivity index (χ4n) is 5.94. The molecule has 31 heavy (non-hydrogen) atoms. The van der Waals surface area contributed by atoms with Gasteiger partial charge in [0.1, 0.15) is 0 Å². The molecule has 2 saturated carbocycles. The second-order valence-corrected chi connectivity index (χ2v) is 9.50. The molecule has 0 aromatic heterocycles. The molecule has 2 aromatic rings. The van der Waals surface area contributed by atoms with Gasteiger partial charge in [0.05, 0.1) is 0 Å². The van der Waals surface area contributed by atoms with Crippen LogP contribution < -0.4 is 5.32 Å². The summed E-state index contributed by atoms with van der Waals surface area (Å²) in [6, 6.07) is 20.2. The third kappa shape index (κ3) is 4.39.